The van der Waals surface area contributed by atoms with E-state index in [1.807, 2.05) is 0 Å². The lowest BCUT2D eigenvalue weighted by Crippen LogP contribution is -2.36. The topological polar surface area (TPSA) is 50.4 Å². The number of nitrogens with one attached hydrogen (secondary N) is 2. The summed E-state index contributed by atoms with van der Waals surface area (Å²) >= 11 is 0. The minimum Gasteiger partial charge on any atom is -0.381 e. The van der Waals surface area contributed by atoms with Crippen LogP contribution in [0, 0.1) is 5.92 Å². The standard InChI is InChI=1S/C11H20N2O2.ClH/c14-11(13-10-3-5-12-7-10)4-6-15-8-9-1-2-9;/h9-10,12H,1-8H2,(H,13,14);1H. The Morgan fingerprint density at radius 1 is 1.38 bits per heavy atom. The summed E-state index contributed by atoms with van der Waals surface area (Å²) in [5, 5.41) is 6.22. The van der Waals surface area contributed by atoms with Crippen molar-refractivity contribution < 1.29 is 9.53 Å². The van der Waals surface area contributed by atoms with Crippen LogP contribution in [0.5, 0.6) is 0 Å². The summed E-state index contributed by atoms with van der Waals surface area (Å²) in [4.78, 5) is 11.4. The predicted molar refractivity (Wildman–Crippen MR) is 64.8 cm³/mol. The summed E-state index contributed by atoms with van der Waals surface area (Å²) in [6.45, 7) is 3.35. The summed E-state index contributed by atoms with van der Waals surface area (Å²) in [6.07, 6.45) is 4.16. The monoisotopic (exact) mass is 248 g/mol. The van der Waals surface area contributed by atoms with Crippen molar-refractivity contribution in [3.63, 3.8) is 0 Å². The summed E-state index contributed by atoms with van der Waals surface area (Å²) in [6, 6.07) is 0.334. The quantitative estimate of drug-likeness (QED) is 0.681. The fourth-order valence-electron chi connectivity index (χ4n) is 1.78. The lowest BCUT2D eigenvalue weighted by atomic mass is 10.2. The first-order chi connectivity index (χ1) is 7.34. The summed E-state index contributed by atoms with van der Waals surface area (Å²) < 4.78 is 5.42. The Bertz CT molecular complexity index is 216. The zero-order chi connectivity index (χ0) is 10.5. The van der Waals surface area contributed by atoms with E-state index in [1.165, 1.54) is 12.8 Å². The molecular formula is C11H21ClN2O2. The first-order valence-corrected chi connectivity index (χ1v) is 5.92. The Kier molecular flexibility index (Phi) is 6.09. The molecule has 94 valence electrons. The van der Waals surface area contributed by atoms with Crippen LogP contribution < -0.4 is 10.6 Å². The predicted octanol–water partition coefficient (Wildman–Crippen LogP) is 0.703. The van der Waals surface area contributed by atoms with Gasteiger partial charge in [-0.1, -0.05) is 0 Å². The molecule has 2 fully saturated rings. The summed E-state index contributed by atoms with van der Waals surface area (Å²) in [7, 11) is 0. The van der Waals surface area contributed by atoms with E-state index >= 15 is 0 Å². The van der Waals surface area contributed by atoms with Gasteiger partial charge in [0.2, 0.25) is 5.91 Å². The Labute approximate surface area is 103 Å². The molecule has 4 nitrogen and oxygen atoms in total. The Morgan fingerprint density at radius 2 is 2.19 bits per heavy atom. The number of halogens is 1. The first kappa shape index (κ1) is 13.7. The van der Waals surface area contributed by atoms with Gasteiger partial charge in [-0.05, 0) is 31.7 Å². The van der Waals surface area contributed by atoms with E-state index in [0.29, 0.717) is 19.1 Å². The fraction of sp³-hybridized carbons (Fsp3) is 0.909. The van der Waals surface area contributed by atoms with Crippen molar-refractivity contribution in [3.8, 4) is 0 Å². The van der Waals surface area contributed by atoms with Gasteiger partial charge >= 0.3 is 0 Å². The maximum absolute atomic E-state index is 11.4. The second kappa shape index (κ2) is 7.09. The molecule has 0 spiro atoms. The molecule has 1 aliphatic carbocycles. The largest absolute Gasteiger partial charge is 0.381 e. The molecule has 1 amide bonds. The molecule has 2 rings (SSSR count). The molecule has 5 heteroatoms. The lowest BCUT2D eigenvalue weighted by Gasteiger charge is -2.11. The molecule has 0 aromatic rings. The minimum absolute atomic E-state index is 0. The molecule has 1 atom stereocenters. The molecule has 16 heavy (non-hydrogen) atoms. The summed E-state index contributed by atoms with van der Waals surface area (Å²) in [5.41, 5.74) is 0. The van der Waals surface area contributed by atoms with Gasteiger partial charge in [0.05, 0.1) is 6.61 Å². The van der Waals surface area contributed by atoms with Crippen LogP contribution >= 0.6 is 12.4 Å². The Balaban J connectivity index is 0.00000128. The maximum atomic E-state index is 11.4. The van der Waals surface area contributed by atoms with Crippen LogP contribution in [-0.4, -0.2) is 38.3 Å². The van der Waals surface area contributed by atoms with Gasteiger partial charge in [0.25, 0.3) is 0 Å². The lowest BCUT2D eigenvalue weighted by molar-refractivity contribution is -0.122. The molecule has 1 heterocycles. The van der Waals surface area contributed by atoms with Gasteiger partial charge in [-0.15, -0.1) is 12.4 Å². The number of ether oxygens (including phenoxy) is 1. The molecule has 1 aliphatic heterocycles. The third-order valence-corrected chi connectivity index (χ3v) is 2.95. The van der Waals surface area contributed by atoms with E-state index in [2.05, 4.69) is 10.6 Å². The van der Waals surface area contributed by atoms with Crippen LogP contribution in [0.4, 0.5) is 0 Å². The molecule has 0 bridgehead atoms. The molecule has 1 unspecified atom stereocenters. The van der Waals surface area contributed by atoms with E-state index in [1.54, 1.807) is 0 Å². The fourth-order valence-corrected chi connectivity index (χ4v) is 1.78. The van der Waals surface area contributed by atoms with Crippen LogP contribution in [0.2, 0.25) is 0 Å². The minimum atomic E-state index is 0. The van der Waals surface area contributed by atoms with Gasteiger partial charge in [-0.25, -0.2) is 0 Å². The zero-order valence-electron chi connectivity index (χ0n) is 9.54. The highest BCUT2D eigenvalue weighted by atomic mass is 35.5. The van der Waals surface area contributed by atoms with Crippen LogP contribution in [0.3, 0.4) is 0 Å². The molecule has 0 radical (unpaired) electrons. The van der Waals surface area contributed by atoms with Gasteiger partial charge in [0, 0.05) is 25.6 Å². The van der Waals surface area contributed by atoms with Crippen LogP contribution in [0.1, 0.15) is 25.7 Å². The van der Waals surface area contributed by atoms with Crippen molar-refractivity contribution in [3.05, 3.63) is 0 Å². The van der Waals surface area contributed by atoms with Gasteiger partial charge in [-0.3, -0.25) is 4.79 Å². The third-order valence-electron chi connectivity index (χ3n) is 2.95. The van der Waals surface area contributed by atoms with Crippen molar-refractivity contribution in [1.29, 1.82) is 0 Å². The maximum Gasteiger partial charge on any atom is 0.222 e. The molecular weight excluding hydrogens is 228 g/mol. The Hall–Kier alpha value is -0.320. The van der Waals surface area contributed by atoms with Gasteiger partial charge in [0.15, 0.2) is 0 Å². The Morgan fingerprint density at radius 3 is 2.81 bits per heavy atom. The van der Waals surface area contributed by atoms with Crippen LogP contribution in [0.25, 0.3) is 0 Å². The van der Waals surface area contributed by atoms with Crippen molar-refractivity contribution in [2.45, 2.75) is 31.7 Å². The highest BCUT2D eigenvalue weighted by Gasteiger charge is 2.21. The smallest absolute Gasteiger partial charge is 0.222 e. The van der Waals surface area contributed by atoms with Crippen molar-refractivity contribution in [1.82, 2.24) is 10.6 Å². The molecule has 0 aromatic carbocycles. The number of hydrogen-bond acceptors (Lipinski definition) is 3. The second-order valence-corrected chi connectivity index (χ2v) is 4.53. The molecule has 1 saturated carbocycles. The third kappa shape index (κ3) is 5.14. The zero-order valence-corrected chi connectivity index (χ0v) is 10.4. The molecule has 1 saturated heterocycles. The van der Waals surface area contributed by atoms with Crippen molar-refractivity contribution >= 4 is 18.3 Å². The summed E-state index contributed by atoms with van der Waals surface area (Å²) in [5.74, 6) is 0.909. The molecule has 2 N–H and O–H groups in total. The van der Waals surface area contributed by atoms with Gasteiger partial charge in [-0.2, -0.15) is 0 Å². The van der Waals surface area contributed by atoms with E-state index < -0.39 is 0 Å². The number of carbonyl (C=O) groups excluding carboxylic acids is 1. The number of carbonyl (C=O) groups is 1. The average Bonchev–Trinajstić information content (AvgIpc) is 2.91. The van der Waals surface area contributed by atoms with Crippen LogP contribution in [0.15, 0.2) is 0 Å². The molecule has 0 aromatic heterocycles. The van der Waals surface area contributed by atoms with Crippen molar-refractivity contribution in [2.24, 2.45) is 5.92 Å². The molecule has 2 aliphatic rings. The normalized spacial score (nSPS) is 23.9. The van der Waals surface area contributed by atoms with Crippen molar-refractivity contribution in [2.75, 3.05) is 26.3 Å². The second-order valence-electron chi connectivity index (χ2n) is 4.53. The van der Waals surface area contributed by atoms with Gasteiger partial charge in [0.1, 0.15) is 0 Å². The van der Waals surface area contributed by atoms with E-state index in [0.717, 1.165) is 32.0 Å². The van der Waals surface area contributed by atoms with Gasteiger partial charge < -0.3 is 15.4 Å². The average molecular weight is 249 g/mol. The van der Waals surface area contributed by atoms with Crippen LogP contribution in [-0.2, 0) is 9.53 Å². The van der Waals surface area contributed by atoms with E-state index in [4.69, 9.17) is 4.74 Å². The highest BCUT2D eigenvalue weighted by molar-refractivity contribution is 5.85. The number of rotatable bonds is 6. The first-order valence-electron chi connectivity index (χ1n) is 5.92. The SMILES string of the molecule is Cl.O=C(CCOCC1CC1)NC1CCNC1. The van der Waals surface area contributed by atoms with E-state index in [9.17, 15) is 4.79 Å². The number of amides is 1. The number of hydrogen-bond donors (Lipinski definition) is 2. The highest BCUT2D eigenvalue weighted by Crippen LogP contribution is 2.28. The van der Waals surface area contributed by atoms with E-state index in [-0.39, 0.29) is 18.3 Å².